The van der Waals surface area contributed by atoms with Gasteiger partial charge in [0.1, 0.15) is 0 Å². The smallest absolute Gasteiger partial charge is 0.240 e. The Morgan fingerprint density at radius 1 is 1.53 bits per heavy atom. The van der Waals surface area contributed by atoms with E-state index in [4.69, 9.17) is 5.73 Å². The minimum Gasteiger partial charge on any atom is -0.349 e. The summed E-state index contributed by atoms with van der Waals surface area (Å²) < 4.78 is 0. The number of nitrogens with zero attached hydrogens (tertiary/aromatic N) is 1. The van der Waals surface area contributed by atoms with Gasteiger partial charge < -0.3 is 16.0 Å². The minimum atomic E-state index is -0.829. The minimum absolute atomic E-state index is 0. The first-order valence-electron chi connectivity index (χ1n) is 6.83. The molecular weight excluding hydrogens is 266 g/mol. The van der Waals surface area contributed by atoms with Gasteiger partial charge in [-0.25, -0.2) is 0 Å². The van der Waals surface area contributed by atoms with Gasteiger partial charge in [-0.3, -0.25) is 9.59 Å². The van der Waals surface area contributed by atoms with Crippen LogP contribution in [0.4, 0.5) is 0 Å². The Kier molecular flexibility index (Phi) is 5.21. The van der Waals surface area contributed by atoms with Crippen molar-refractivity contribution in [2.45, 2.75) is 63.6 Å². The third-order valence-electron chi connectivity index (χ3n) is 3.77. The molecule has 1 aliphatic carbocycles. The number of hydrogen-bond donors (Lipinski definition) is 2. The van der Waals surface area contributed by atoms with Crippen LogP contribution in [0.25, 0.3) is 0 Å². The molecule has 19 heavy (non-hydrogen) atoms. The van der Waals surface area contributed by atoms with Gasteiger partial charge in [-0.15, -0.1) is 12.4 Å². The van der Waals surface area contributed by atoms with E-state index in [0.717, 1.165) is 19.3 Å². The molecule has 2 atom stereocenters. The average Bonchev–Trinajstić information content (AvgIpc) is 3.04. The van der Waals surface area contributed by atoms with E-state index in [-0.39, 0.29) is 30.3 Å². The second-order valence-electron chi connectivity index (χ2n) is 5.82. The van der Waals surface area contributed by atoms with Crippen LogP contribution in [0.3, 0.4) is 0 Å². The number of nitrogens with two attached hydrogens (primary N) is 1. The SMILES string of the molecule is CCCC(C)(N)C(=O)NC1CC(=O)N(C2CC2)C1.Cl. The molecule has 1 aliphatic heterocycles. The lowest BCUT2D eigenvalue weighted by Gasteiger charge is -2.25. The summed E-state index contributed by atoms with van der Waals surface area (Å²) >= 11 is 0. The van der Waals surface area contributed by atoms with Crippen molar-refractivity contribution in [1.29, 1.82) is 0 Å². The van der Waals surface area contributed by atoms with E-state index in [9.17, 15) is 9.59 Å². The molecule has 1 saturated carbocycles. The third kappa shape index (κ3) is 3.83. The Balaban J connectivity index is 0.00000180. The molecule has 2 fully saturated rings. The number of likely N-dealkylation sites (tertiary alicyclic amines) is 1. The highest BCUT2D eigenvalue weighted by atomic mass is 35.5. The molecule has 0 aromatic rings. The first-order chi connectivity index (χ1) is 8.44. The highest BCUT2D eigenvalue weighted by Gasteiger charge is 2.40. The summed E-state index contributed by atoms with van der Waals surface area (Å²) in [4.78, 5) is 25.7. The molecule has 6 heteroatoms. The van der Waals surface area contributed by atoms with E-state index in [1.165, 1.54) is 0 Å². The maximum atomic E-state index is 12.0. The first kappa shape index (κ1) is 16.2. The monoisotopic (exact) mass is 289 g/mol. The van der Waals surface area contributed by atoms with Crippen molar-refractivity contribution >= 4 is 24.2 Å². The summed E-state index contributed by atoms with van der Waals surface area (Å²) in [5.74, 6) is 0.0248. The Bertz CT molecular complexity index is 356. The largest absolute Gasteiger partial charge is 0.349 e. The van der Waals surface area contributed by atoms with Crippen molar-refractivity contribution in [1.82, 2.24) is 10.2 Å². The summed E-state index contributed by atoms with van der Waals surface area (Å²) in [7, 11) is 0. The summed E-state index contributed by atoms with van der Waals surface area (Å²) in [6.45, 7) is 4.41. The Morgan fingerprint density at radius 3 is 2.68 bits per heavy atom. The number of halogens is 1. The molecule has 2 rings (SSSR count). The molecule has 1 heterocycles. The zero-order valence-corrected chi connectivity index (χ0v) is 12.5. The summed E-state index contributed by atoms with van der Waals surface area (Å²) in [5, 5.41) is 2.92. The van der Waals surface area contributed by atoms with Gasteiger partial charge in [0.2, 0.25) is 11.8 Å². The van der Waals surface area contributed by atoms with Crippen molar-refractivity contribution in [3.63, 3.8) is 0 Å². The fourth-order valence-corrected chi connectivity index (χ4v) is 2.55. The molecule has 2 unspecified atom stereocenters. The number of nitrogens with one attached hydrogen (secondary N) is 1. The fourth-order valence-electron chi connectivity index (χ4n) is 2.55. The van der Waals surface area contributed by atoms with E-state index in [2.05, 4.69) is 5.32 Å². The first-order valence-corrected chi connectivity index (χ1v) is 6.83. The Labute approximate surface area is 120 Å². The second-order valence-corrected chi connectivity index (χ2v) is 5.82. The molecular formula is C13H24ClN3O2. The van der Waals surface area contributed by atoms with Crippen molar-refractivity contribution in [2.24, 2.45) is 5.73 Å². The molecule has 110 valence electrons. The molecule has 1 saturated heterocycles. The lowest BCUT2D eigenvalue weighted by molar-refractivity contribution is -0.128. The van der Waals surface area contributed by atoms with E-state index >= 15 is 0 Å². The second kappa shape index (κ2) is 6.09. The van der Waals surface area contributed by atoms with Crippen LogP contribution in [0.15, 0.2) is 0 Å². The number of carbonyl (C=O) groups excluding carboxylic acids is 2. The summed E-state index contributed by atoms with van der Waals surface area (Å²) in [6.07, 6.45) is 4.17. The third-order valence-corrected chi connectivity index (χ3v) is 3.77. The van der Waals surface area contributed by atoms with Crippen LogP contribution < -0.4 is 11.1 Å². The van der Waals surface area contributed by atoms with Crippen LogP contribution in [0.2, 0.25) is 0 Å². The zero-order valence-electron chi connectivity index (χ0n) is 11.6. The fraction of sp³-hybridized carbons (Fsp3) is 0.846. The van der Waals surface area contributed by atoms with Gasteiger partial charge in [0.25, 0.3) is 0 Å². The molecule has 3 N–H and O–H groups in total. The topological polar surface area (TPSA) is 75.4 Å². The van der Waals surface area contributed by atoms with Gasteiger partial charge in [-0.1, -0.05) is 13.3 Å². The molecule has 0 bridgehead atoms. The lowest BCUT2D eigenvalue weighted by atomic mass is 9.96. The van der Waals surface area contributed by atoms with Crippen molar-refractivity contribution in [2.75, 3.05) is 6.54 Å². The van der Waals surface area contributed by atoms with Gasteiger partial charge in [-0.05, 0) is 26.2 Å². The molecule has 5 nitrogen and oxygen atoms in total. The predicted molar refractivity (Wildman–Crippen MR) is 76.0 cm³/mol. The van der Waals surface area contributed by atoms with Gasteiger partial charge in [0.15, 0.2) is 0 Å². The molecule has 2 aliphatic rings. The lowest BCUT2D eigenvalue weighted by Crippen LogP contribution is -2.54. The average molecular weight is 290 g/mol. The molecule has 0 aromatic heterocycles. The van der Waals surface area contributed by atoms with Gasteiger partial charge in [0, 0.05) is 19.0 Å². The maximum Gasteiger partial charge on any atom is 0.240 e. The van der Waals surface area contributed by atoms with E-state index in [1.54, 1.807) is 6.92 Å². The van der Waals surface area contributed by atoms with Crippen molar-refractivity contribution in [3.8, 4) is 0 Å². The van der Waals surface area contributed by atoms with Gasteiger partial charge in [0.05, 0.1) is 11.6 Å². The van der Waals surface area contributed by atoms with Crippen LogP contribution in [0.5, 0.6) is 0 Å². The van der Waals surface area contributed by atoms with E-state index in [0.29, 0.717) is 25.4 Å². The summed E-state index contributed by atoms with van der Waals surface area (Å²) in [6, 6.07) is 0.365. The maximum absolute atomic E-state index is 12.0. The zero-order chi connectivity index (χ0) is 13.3. The van der Waals surface area contributed by atoms with Crippen molar-refractivity contribution < 1.29 is 9.59 Å². The standard InChI is InChI=1S/C13H23N3O2.ClH/c1-3-6-13(2,14)12(18)15-9-7-11(17)16(8-9)10-4-5-10;/h9-10H,3-8,14H2,1-2H3,(H,15,18);1H. The van der Waals surface area contributed by atoms with E-state index in [1.807, 2.05) is 11.8 Å². The predicted octanol–water partition coefficient (Wildman–Crippen LogP) is 0.805. The van der Waals surface area contributed by atoms with Gasteiger partial charge >= 0.3 is 0 Å². The van der Waals surface area contributed by atoms with E-state index < -0.39 is 5.54 Å². The highest BCUT2D eigenvalue weighted by molar-refractivity contribution is 5.87. The molecule has 0 aromatic carbocycles. The van der Waals surface area contributed by atoms with Crippen LogP contribution in [-0.2, 0) is 9.59 Å². The Morgan fingerprint density at radius 2 is 2.16 bits per heavy atom. The molecule has 0 spiro atoms. The number of amides is 2. The number of rotatable bonds is 5. The van der Waals surface area contributed by atoms with Crippen molar-refractivity contribution in [3.05, 3.63) is 0 Å². The van der Waals surface area contributed by atoms with Gasteiger partial charge in [-0.2, -0.15) is 0 Å². The highest BCUT2D eigenvalue weighted by Crippen LogP contribution is 2.30. The van der Waals surface area contributed by atoms with Crippen LogP contribution in [0, 0.1) is 0 Å². The summed E-state index contributed by atoms with van der Waals surface area (Å²) in [5.41, 5.74) is 5.15. The number of carbonyl (C=O) groups is 2. The van der Waals surface area contributed by atoms with Crippen LogP contribution >= 0.6 is 12.4 Å². The normalized spacial score (nSPS) is 25.7. The number of hydrogen-bond acceptors (Lipinski definition) is 3. The van der Waals surface area contributed by atoms with Crippen LogP contribution in [-0.4, -0.2) is 40.9 Å². The van der Waals surface area contributed by atoms with Crippen LogP contribution in [0.1, 0.15) is 46.0 Å². The Hall–Kier alpha value is -0.810. The quantitative estimate of drug-likeness (QED) is 0.786. The molecule has 0 radical (unpaired) electrons. The molecule has 2 amide bonds.